The van der Waals surface area contributed by atoms with Gasteiger partial charge in [-0.25, -0.2) is 0 Å². The lowest BCUT2D eigenvalue weighted by Gasteiger charge is -2.44. The first-order valence-corrected chi connectivity index (χ1v) is 6.57. The molecule has 0 spiro atoms. The minimum absolute atomic E-state index is 0.865. The summed E-state index contributed by atoms with van der Waals surface area (Å²) in [5.41, 5.74) is 5.52. The van der Waals surface area contributed by atoms with E-state index in [2.05, 4.69) is 16.7 Å². The number of nitrogens with zero attached hydrogens (tertiary/aromatic N) is 1. The van der Waals surface area contributed by atoms with Crippen LogP contribution in [-0.4, -0.2) is 42.1 Å². The highest BCUT2D eigenvalue weighted by Crippen LogP contribution is 2.29. The number of thioether (sulfide) groups is 1. The van der Waals surface area contributed by atoms with Crippen LogP contribution in [0.2, 0.25) is 0 Å². The Morgan fingerprint density at radius 2 is 2.23 bits per heavy atom. The quantitative estimate of drug-likeness (QED) is 0.722. The molecule has 2 N–H and O–H groups in total. The highest BCUT2D eigenvalue weighted by atomic mass is 32.2. The summed E-state index contributed by atoms with van der Waals surface area (Å²) in [6.07, 6.45) is 3.96. The summed E-state index contributed by atoms with van der Waals surface area (Å²) in [6, 6.07) is 0.883. The van der Waals surface area contributed by atoms with E-state index in [1.165, 1.54) is 43.9 Å². The van der Waals surface area contributed by atoms with E-state index in [1.807, 2.05) is 0 Å². The van der Waals surface area contributed by atoms with Crippen LogP contribution in [0, 0.1) is 5.92 Å². The first-order valence-electron chi connectivity index (χ1n) is 5.42. The van der Waals surface area contributed by atoms with Crippen LogP contribution in [0.15, 0.2) is 0 Å². The molecule has 2 nitrogen and oxygen atoms in total. The average Bonchev–Trinajstić information content (AvgIpc) is 2.00. The van der Waals surface area contributed by atoms with Crippen LogP contribution in [-0.2, 0) is 0 Å². The van der Waals surface area contributed by atoms with Crippen molar-refractivity contribution in [2.75, 3.05) is 31.1 Å². The minimum Gasteiger partial charge on any atom is -0.330 e. The molecule has 1 unspecified atom stereocenters. The Labute approximate surface area is 85.2 Å². The lowest BCUT2D eigenvalue weighted by Crippen LogP contribution is -2.51. The Morgan fingerprint density at radius 3 is 2.69 bits per heavy atom. The molecule has 2 aliphatic rings. The topological polar surface area (TPSA) is 29.3 Å². The Balaban J connectivity index is 1.62. The van der Waals surface area contributed by atoms with Crippen molar-refractivity contribution in [3.8, 4) is 0 Å². The molecular weight excluding hydrogens is 180 g/mol. The SMILES string of the molecule is NCCCC1CCN1CC1CSC1. The zero-order valence-corrected chi connectivity index (χ0v) is 9.06. The van der Waals surface area contributed by atoms with Crippen LogP contribution in [0.1, 0.15) is 19.3 Å². The maximum absolute atomic E-state index is 5.52. The maximum Gasteiger partial charge on any atom is 0.0108 e. The lowest BCUT2D eigenvalue weighted by molar-refractivity contribution is 0.0695. The van der Waals surface area contributed by atoms with Crippen LogP contribution in [0.3, 0.4) is 0 Å². The van der Waals surface area contributed by atoms with Gasteiger partial charge in [0.05, 0.1) is 0 Å². The van der Waals surface area contributed by atoms with Gasteiger partial charge in [0, 0.05) is 12.6 Å². The van der Waals surface area contributed by atoms with Gasteiger partial charge in [0.25, 0.3) is 0 Å². The lowest BCUT2D eigenvalue weighted by atomic mass is 9.96. The molecule has 0 aliphatic carbocycles. The number of hydrogen-bond donors (Lipinski definition) is 1. The van der Waals surface area contributed by atoms with Crippen molar-refractivity contribution in [3.63, 3.8) is 0 Å². The van der Waals surface area contributed by atoms with Crippen molar-refractivity contribution >= 4 is 11.8 Å². The predicted molar refractivity (Wildman–Crippen MR) is 59.1 cm³/mol. The molecule has 1 atom stereocenters. The van der Waals surface area contributed by atoms with Gasteiger partial charge >= 0.3 is 0 Å². The first kappa shape index (κ1) is 9.81. The fourth-order valence-corrected chi connectivity index (χ4v) is 2.92. The molecule has 0 aromatic carbocycles. The van der Waals surface area contributed by atoms with E-state index < -0.39 is 0 Å². The van der Waals surface area contributed by atoms with Gasteiger partial charge in [-0.1, -0.05) is 0 Å². The molecule has 2 aliphatic heterocycles. The Bertz CT molecular complexity index is 159. The third kappa shape index (κ3) is 2.39. The molecule has 2 heterocycles. The van der Waals surface area contributed by atoms with Crippen molar-refractivity contribution < 1.29 is 0 Å². The fraction of sp³-hybridized carbons (Fsp3) is 1.00. The van der Waals surface area contributed by atoms with Gasteiger partial charge in [-0.3, -0.25) is 4.90 Å². The smallest absolute Gasteiger partial charge is 0.0108 e. The molecular formula is C10H20N2S. The largest absolute Gasteiger partial charge is 0.330 e. The highest BCUT2D eigenvalue weighted by Gasteiger charge is 2.30. The normalized spacial score (nSPS) is 29.8. The summed E-state index contributed by atoms with van der Waals surface area (Å²) in [7, 11) is 0. The van der Waals surface area contributed by atoms with E-state index in [0.29, 0.717) is 0 Å². The summed E-state index contributed by atoms with van der Waals surface area (Å²) < 4.78 is 0. The van der Waals surface area contributed by atoms with Crippen LogP contribution < -0.4 is 5.73 Å². The number of rotatable bonds is 5. The molecule has 13 heavy (non-hydrogen) atoms. The second kappa shape index (κ2) is 4.67. The number of hydrogen-bond acceptors (Lipinski definition) is 3. The van der Waals surface area contributed by atoms with Crippen molar-refractivity contribution in [1.82, 2.24) is 4.90 Å². The van der Waals surface area contributed by atoms with E-state index >= 15 is 0 Å². The molecule has 2 saturated heterocycles. The first-order chi connectivity index (χ1) is 6.40. The summed E-state index contributed by atoms with van der Waals surface area (Å²) in [5.74, 6) is 3.81. The monoisotopic (exact) mass is 200 g/mol. The van der Waals surface area contributed by atoms with Crippen molar-refractivity contribution in [1.29, 1.82) is 0 Å². The zero-order chi connectivity index (χ0) is 9.10. The second-order valence-electron chi connectivity index (χ2n) is 4.27. The molecule has 76 valence electrons. The van der Waals surface area contributed by atoms with E-state index in [0.717, 1.165) is 18.5 Å². The zero-order valence-electron chi connectivity index (χ0n) is 8.24. The van der Waals surface area contributed by atoms with Gasteiger partial charge in [-0.15, -0.1) is 0 Å². The van der Waals surface area contributed by atoms with Gasteiger partial charge in [-0.2, -0.15) is 11.8 Å². The van der Waals surface area contributed by atoms with Gasteiger partial charge in [0.2, 0.25) is 0 Å². The van der Waals surface area contributed by atoms with E-state index in [9.17, 15) is 0 Å². The average molecular weight is 200 g/mol. The molecule has 0 bridgehead atoms. The molecule has 2 fully saturated rings. The maximum atomic E-state index is 5.52. The molecule has 0 saturated carbocycles. The van der Waals surface area contributed by atoms with E-state index in [4.69, 9.17) is 5.73 Å². The highest BCUT2D eigenvalue weighted by molar-refractivity contribution is 8.00. The second-order valence-corrected chi connectivity index (χ2v) is 5.35. The number of nitrogens with two attached hydrogens (primary N) is 1. The van der Waals surface area contributed by atoms with E-state index in [-0.39, 0.29) is 0 Å². The predicted octanol–water partition coefficient (Wildman–Crippen LogP) is 1.16. The van der Waals surface area contributed by atoms with Crippen molar-refractivity contribution in [2.24, 2.45) is 11.7 Å². The van der Waals surface area contributed by atoms with Gasteiger partial charge in [0.1, 0.15) is 0 Å². The Kier molecular flexibility index (Phi) is 3.52. The van der Waals surface area contributed by atoms with Crippen LogP contribution >= 0.6 is 11.8 Å². The summed E-state index contributed by atoms with van der Waals surface area (Å²) in [6.45, 7) is 3.57. The number of likely N-dealkylation sites (tertiary alicyclic amines) is 1. The van der Waals surface area contributed by atoms with Crippen molar-refractivity contribution in [3.05, 3.63) is 0 Å². The summed E-state index contributed by atoms with van der Waals surface area (Å²) in [5, 5.41) is 0. The van der Waals surface area contributed by atoms with Crippen LogP contribution in [0.4, 0.5) is 0 Å². The van der Waals surface area contributed by atoms with Crippen molar-refractivity contribution in [2.45, 2.75) is 25.3 Å². The Morgan fingerprint density at radius 1 is 1.38 bits per heavy atom. The van der Waals surface area contributed by atoms with Crippen LogP contribution in [0.5, 0.6) is 0 Å². The summed E-state index contributed by atoms with van der Waals surface area (Å²) >= 11 is 2.09. The van der Waals surface area contributed by atoms with Gasteiger partial charge in [0.15, 0.2) is 0 Å². The van der Waals surface area contributed by atoms with Gasteiger partial charge in [-0.05, 0) is 49.8 Å². The van der Waals surface area contributed by atoms with E-state index in [1.54, 1.807) is 0 Å². The Hall–Kier alpha value is 0.270. The third-order valence-corrected chi connectivity index (χ3v) is 4.62. The fourth-order valence-electron chi connectivity index (χ4n) is 2.14. The summed E-state index contributed by atoms with van der Waals surface area (Å²) in [4.78, 5) is 2.67. The molecule has 0 aromatic heterocycles. The third-order valence-electron chi connectivity index (χ3n) is 3.21. The van der Waals surface area contributed by atoms with Gasteiger partial charge < -0.3 is 5.73 Å². The molecule has 2 rings (SSSR count). The van der Waals surface area contributed by atoms with Crippen LogP contribution in [0.25, 0.3) is 0 Å². The molecule has 0 amide bonds. The molecule has 3 heteroatoms. The molecule has 0 aromatic rings. The standard InChI is InChI=1S/C10H20N2S/c11-4-1-2-10-3-5-12(10)6-9-7-13-8-9/h9-10H,1-8,11H2. The molecule has 0 radical (unpaired) electrons. The minimum atomic E-state index is 0.865.